The highest BCUT2D eigenvalue weighted by Crippen LogP contribution is 2.25. The van der Waals surface area contributed by atoms with Crippen molar-refractivity contribution in [3.63, 3.8) is 0 Å². The molecule has 0 aliphatic carbocycles. The van der Waals surface area contributed by atoms with Crippen molar-refractivity contribution in [1.29, 1.82) is 0 Å². The van der Waals surface area contributed by atoms with Gasteiger partial charge in [0.1, 0.15) is 11.5 Å². The van der Waals surface area contributed by atoms with Crippen LogP contribution in [0.2, 0.25) is 0 Å². The Labute approximate surface area is 182 Å². The van der Waals surface area contributed by atoms with Gasteiger partial charge in [-0.3, -0.25) is 4.79 Å². The molecule has 1 fully saturated rings. The summed E-state index contributed by atoms with van der Waals surface area (Å²) in [5.74, 6) is 1.99. The Bertz CT molecular complexity index is 1050. The van der Waals surface area contributed by atoms with Crippen molar-refractivity contribution in [3.05, 3.63) is 66.0 Å². The summed E-state index contributed by atoms with van der Waals surface area (Å²) < 4.78 is 10.6. The van der Waals surface area contributed by atoms with Gasteiger partial charge in [-0.1, -0.05) is 12.1 Å². The lowest BCUT2D eigenvalue weighted by atomic mass is 10.1. The normalized spacial score (nSPS) is 13.2. The molecule has 0 bridgehead atoms. The zero-order valence-electron chi connectivity index (χ0n) is 17.8. The monoisotopic (exact) mass is 418 g/mol. The molecular weight excluding hydrogens is 392 g/mol. The number of rotatable bonds is 7. The van der Waals surface area contributed by atoms with Gasteiger partial charge in [0.15, 0.2) is 0 Å². The number of anilines is 1. The van der Waals surface area contributed by atoms with Gasteiger partial charge in [-0.2, -0.15) is 0 Å². The Morgan fingerprint density at radius 1 is 1.00 bits per heavy atom. The van der Waals surface area contributed by atoms with Crippen molar-refractivity contribution < 1.29 is 14.3 Å². The minimum absolute atomic E-state index is 0.158. The number of methoxy groups -OCH3 is 2. The van der Waals surface area contributed by atoms with E-state index in [1.165, 1.54) is 12.8 Å². The molecule has 3 aromatic rings. The Kier molecular flexibility index (Phi) is 6.31. The van der Waals surface area contributed by atoms with E-state index in [2.05, 4.69) is 20.2 Å². The van der Waals surface area contributed by atoms with Crippen LogP contribution in [0.3, 0.4) is 0 Å². The highest BCUT2D eigenvalue weighted by Gasteiger charge is 2.15. The van der Waals surface area contributed by atoms with E-state index in [0.717, 1.165) is 35.7 Å². The van der Waals surface area contributed by atoms with Crippen LogP contribution in [0.1, 0.15) is 28.8 Å². The molecule has 0 unspecified atom stereocenters. The van der Waals surface area contributed by atoms with Crippen molar-refractivity contribution in [2.75, 3.05) is 32.2 Å². The quantitative estimate of drug-likeness (QED) is 0.631. The molecular formula is C24H26N4O3. The van der Waals surface area contributed by atoms with Gasteiger partial charge in [0.05, 0.1) is 14.2 Å². The highest BCUT2D eigenvalue weighted by atomic mass is 16.5. The zero-order valence-corrected chi connectivity index (χ0v) is 17.8. The lowest BCUT2D eigenvalue weighted by molar-refractivity contribution is 0.0950. The van der Waals surface area contributed by atoms with Crippen LogP contribution in [0.25, 0.3) is 11.1 Å². The van der Waals surface area contributed by atoms with E-state index in [9.17, 15) is 4.79 Å². The smallest absolute Gasteiger partial charge is 0.251 e. The molecule has 1 saturated heterocycles. The zero-order chi connectivity index (χ0) is 21.6. The van der Waals surface area contributed by atoms with E-state index in [-0.39, 0.29) is 5.91 Å². The van der Waals surface area contributed by atoms with Gasteiger partial charge in [0.25, 0.3) is 5.91 Å². The topological polar surface area (TPSA) is 76.6 Å². The molecule has 4 rings (SSSR count). The fourth-order valence-corrected chi connectivity index (χ4v) is 3.67. The van der Waals surface area contributed by atoms with Crippen LogP contribution < -0.4 is 19.7 Å². The maximum absolute atomic E-state index is 12.7. The molecule has 1 N–H and O–H groups in total. The second-order valence-corrected chi connectivity index (χ2v) is 7.41. The molecule has 1 aliphatic rings. The molecule has 1 aliphatic heterocycles. The second kappa shape index (κ2) is 9.47. The van der Waals surface area contributed by atoms with E-state index < -0.39 is 0 Å². The predicted molar refractivity (Wildman–Crippen MR) is 120 cm³/mol. The van der Waals surface area contributed by atoms with Crippen LogP contribution in [0.15, 0.2) is 54.9 Å². The Hall–Kier alpha value is -3.61. The fraction of sp³-hybridized carbons (Fsp3) is 0.292. The summed E-state index contributed by atoms with van der Waals surface area (Å²) in [4.78, 5) is 24.0. The van der Waals surface area contributed by atoms with Gasteiger partial charge < -0.3 is 19.7 Å². The van der Waals surface area contributed by atoms with Gasteiger partial charge in [0.2, 0.25) is 5.95 Å². The van der Waals surface area contributed by atoms with Crippen molar-refractivity contribution >= 4 is 11.9 Å². The molecule has 1 aromatic heterocycles. The number of amides is 1. The van der Waals surface area contributed by atoms with E-state index in [1.54, 1.807) is 26.4 Å². The number of aromatic nitrogens is 2. The lowest BCUT2D eigenvalue weighted by Crippen LogP contribution is -2.23. The van der Waals surface area contributed by atoms with Gasteiger partial charge in [-0.15, -0.1) is 0 Å². The van der Waals surface area contributed by atoms with Crippen LogP contribution in [0.4, 0.5) is 5.95 Å². The third-order valence-corrected chi connectivity index (χ3v) is 5.42. The van der Waals surface area contributed by atoms with Crippen molar-refractivity contribution in [1.82, 2.24) is 15.3 Å². The average molecular weight is 418 g/mol. The first-order valence-corrected chi connectivity index (χ1v) is 10.3. The molecule has 0 radical (unpaired) electrons. The summed E-state index contributed by atoms with van der Waals surface area (Å²) in [7, 11) is 3.20. The van der Waals surface area contributed by atoms with Crippen LogP contribution in [-0.4, -0.2) is 43.2 Å². The molecule has 0 spiro atoms. The van der Waals surface area contributed by atoms with Crippen LogP contribution in [-0.2, 0) is 6.54 Å². The Balaban J connectivity index is 1.45. The number of carbonyl (C=O) groups excluding carboxylic acids is 1. The third kappa shape index (κ3) is 4.77. The van der Waals surface area contributed by atoms with Gasteiger partial charge in [-0.05, 0) is 42.7 Å². The minimum Gasteiger partial charge on any atom is -0.497 e. The maximum atomic E-state index is 12.7. The predicted octanol–water partition coefficient (Wildman–Crippen LogP) is 3.69. The first-order chi connectivity index (χ1) is 15.2. The summed E-state index contributed by atoms with van der Waals surface area (Å²) in [5.41, 5.74) is 3.24. The number of nitrogens with zero attached hydrogens (tertiary/aromatic N) is 3. The summed E-state index contributed by atoms with van der Waals surface area (Å²) in [5, 5.41) is 2.95. The number of benzene rings is 2. The number of nitrogens with one attached hydrogen (secondary N) is 1. The molecule has 2 aromatic carbocycles. The number of carbonyl (C=O) groups is 1. The van der Waals surface area contributed by atoms with Gasteiger partial charge in [0, 0.05) is 54.8 Å². The number of hydrogen-bond donors (Lipinski definition) is 1. The molecule has 7 nitrogen and oxygen atoms in total. The van der Waals surface area contributed by atoms with Crippen LogP contribution in [0.5, 0.6) is 11.5 Å². The fourth-order valence-electron chi connectivity index (χ4n) is 3.67. The molecule has 7 heteroatoms. The number of hydrogen-bond acceptors (Lipinski definition) is 6. The summed E-state index contributed by atoms with van der Waals surface area (Å²) in [6, 6.07) is 13.0. The van der Waals surface area contributed by atoms with E-state index >= 15 is 0 Å². The Morgan fingerprint density at radius 2 is 1.77 bits per heavy atom. The lowest BCUT2D eigenvalue weighted by Gasteiger charge is -2.15. The Morgan fingerprint density at radius 3 is 2.48 bits per heavy atom. The molecule has 0 saturated carbocycles. The van der Waals surface area contributed by atoms with E-state index in [4.69, 9.17) is 9.47 Å². The molecule has 160 valence electrons. The maximum Gasteiger partial charge on any atom is 0.251 e. The first-order valence-electron chi connectivity index (χ1n) is 10.3. The average Bonchev–Trinajstić information content (AvgIpc) is 3.37. The van der Waals surface area contributed by atoms with Crippen LogP contribution >= 0.6 is 0 Å². The molecule has 31 heavy (non-hydrogen) atoms. The third-order valence-electron chi connectivity index (χ3n) is 5.42. The van der Waals surface area contributed by atoms with Gasteiger partial charge in [-0.25, -0.2) is 9.97 Å². The molecule has 0 atom stereocenters. The highest BCUT2D eigenvalue weighted by molar-refractivity contribution is 5.95. The van der Waals surface area contributed by atoms with E-state index in [0.29, 0.717) is 23.6 Å². The van der Waals surface area contributed by atoms with Crippen molar-refractivity contribution in [2.24, 2.45) is 0 Å². The van der Waals surface area contributed by atoms with Crippen molar-refractivity contribution in [3.8, 4) is 22.6 Å². The first kappa shape index (κ1) is 20.7. The van der Waals surface area contributed by atoms with Crippen LogP contribution in [0, 0.1) is 0 Å². The largest absolute Gasteiger partial charge is 0.497 e. The SMILES string of the molecule is COc1ccc(CNC(=O)c2cccc(-c3cnc(N4CCCC4)nc3)c2)c(OC)c1. The van der Waals surface area contributed by atoms with Gasteiger partial charge >= 0.3 is 0 Å². The standard InChI is InChI=1S/C24H26N4O3/c1-30-21-9-8-19(22(13-21)31-2)14-25-23(29)18-7-5-6-17(12-18)20-15-26-24(27-16-20)28-10-3-4-11-28/h5-9,12-13,15-16H,3-4,10-11,14H2,1-2H3,(H,25,29). The second-order valence-electron chi connectivity index (χ2n) is 7.41. The minimum atomic E-state index is -0.158. The summed E-state index contributed by atoms with van der Waals surface area (Å²) in [6.07, 6.45) is 6.01. The van der Waals surface area contributed by atoms with Crippen molar-refractivity contribution in [2.45, 2.75) is 19.4 Å². The summed E-state index contributed by atoms with van der Waals surface area (Å²) >= 11 is 0. The molecule has 2 heterocycles. The molecule has 1 amide bonds. The number of ether oxygens (including phenoxy) is 2. The van der Waals surface area contributed by atoms with E-state index in [1.807, 2.05) is 42.7 Å². The summed E-state index contributed by atoms with van der Waals surface area (Å²) in [6.45, 7) is 2.37.